The van der Waals surface area contributed by atoms with Crippen LogP contribution in [0.15, 0.2) is 54.9 Å². The number of hydrogen-bond acceptors (Lipinski definition) is 4. The number of aromatic nitrogens is 4. The monoisotopic (exact) mass is 409 g/mol. The van der Waals surface area contributed by atoms with Gasteiger partial charge in [-0.15, -0.1) is 0 Å². The first-order valence-corrected chi connectivity index (χ1v) is 10.7. The standard InChI is InChI=1S/C23H31N5S/c1-18(2)14-26(15-19(3)4)17-28-23(29)27(16-20-9-6-5-7-10-20)22(25-28)21-11-8-12-24-13-21/h5-13,18-19H,14-17H2,1-4H3. The van der Waals surface area contributed by atoms with Crippen molar-refractivity contribution < 1.29 is 0 Å². The van der Waals surface area contributed by atoms with E-state index in [0.29, 0.717) is 25.0 Å². The highest BCUT2D eigenvalue weighted by molar-refractivity contribution is 7.71. The van der Waals surface area contributed by atoms with Crippen LogP contribution in [0.5, 0.6) is 0 Å². The zero-order valence-corrected chi connectivity index (χ0v) is 18.6. The van der Waals surface area contributed by atoms with Gasteiger partial charge in [-0.25, -0.2) is 4.68 Å². The van der Waals surface area contributed by atoms with Crippen LogP contribution in [0.2, 0.25) is 0 Å². The lowest BCUT2D eigenvalue weighted by Crippen LogP contribution is -2.33. The van der Waals surface area contributed by atoms with Gasteiger partial charge >= 0.3 is 0 Å². The molecule has 2 heterocycles. The van der Waals surface area contributed by atoms with E-state index in [1.54, 1.807) is 6.20 Å². The van der Waals surface area contributed by atoms with E-state index < -0.39 is 0 Å². The van der Waals surface area contributed by atoms with Gasteiger partial charge in [0.2, 0.25) is 0 Å². The van der Waals surface area contributed by atoms with Crippen molar-refractivity contribution in [2.45, 2.75) is 40.9 Å². The fourth-order valence-corrected chi connectivity index (χ4v) is 3.81. The molecule has 2 aromatic heterocycles. The Bertz CT molecular complexity index is 934. The molecule has 0 aliphatic carbocycles. The number of nitrogens with zero attached hydrogens (tertiary/aromatic N) is 5. The molecule has 1 aromatic carbocycles. The van der Waals surface area contributed by atoms with Crippen molar-refractivity contribution in [1.29, 1.82) is 0 Å². The van der Waals surface area contributed by atoms with Gasteiger partial charge in [0.25, 0.3) is 0 Å². The molecule has 0 saturated heterocycles. The van der Waals surface area contributed by atoms with Crippen molar-refractivity contribution >= 4 is 12.2 Å². The third-order valence-electron chi connectivity index (χ3n) is 4.61. The molecule has 0 bridgehead atoms. The summed E-state index contributed by atoms with van der Waals surface area (Å²) in [6, 6.07) is 14.4. The van der Waals surface area contributed by atoms with E-state index in [1.165, 1.54) is 5.56 Å². The third-order valence-corrected chi connectivity index (χ3v) is 5.04. The Kier molecular flexibility index (Phi) is 7.34. The number of hydrogen-bond donors (Lipinski definition) is 0. The lowest BCUT2D eigenvalue weighted by atomic mass is 10.1. The molecular formula is C23H31N5S. The zero-order chi connectivity index (χ0) is 20.8. The summed E-state index contributed by atoms with van der Waals surface area (Å²) in [7, 11) is 0. The molecule has 6 heteroatoms. The summed E-state index contributed by atoms with van der Waals surface area (Å²) in [5, 5.41) is 4.92. The zero-order valence-electron chi connectivity index (χ0n) is 17.8. The first kappa shape index (κ1) is 21.4. The Labute approximate surface area is 179 Å². The molecule has 5 nitrogen and oxygen atoms in total. The molecule has 0 radical (unpaired) electrons. The van der Waals surface area contributed by atoms with Crippen LogP contribution in [0, 0.1) is 16.6 Å². The van der Waals surface area contributed by atoms with Crippen LogP contribution in [0.25, 0.3) is 11.4 Å². The average Bonchev–Trinajstić information content (AvgIpc) is 2.98. The van der Waals surface area contributed by atoms with E-state index in [2.05, 4.69) is 66.4 Å². The van der Waals surface area contributed by atoms with Gasteiger partial charge in [-0.05, 0) is 41.7 Å². The van der Waals surface area contributed by atoms with Crippen molar-refractivity contribution in [1.82, 2.24) is 24.2 Å². The normalized spacial score (nSPS) is 11.7. The molecule has 0 aliphatic heterocycles. The Balaban J connectivity index is 1.98. The first-order valence-electron chi connectivity index (χ1n) is 10.3. The van der Waals surface area contributed by atoms with Crippen LogP contribution in [0.3, 0.4) is 0 Å². The van der Waals surface area contributed by atoms with E-state index in [9.17, 15) is 0 Å². The summed E-state index contributed by atoms with van der Waals surface area (Å²) in [6.45, 7) is 12.4. The molecule has 3 aromatic rings. The molecule has 0 saturated carbocycles. The minimum absolute atomic E-state index is 0.590. The molecule has 0 N–H and O–H groups in total. The molecule has 0 unspecified atom stereocenters. The van der Waals surface area contributed by atoms with Gasteiger partial charge in [0.15, 0.2) is 10.6 Å². The maximum atomic E-state index is 5.87. The quantitative estimate of drug-likeness (QED) is 0.461. The molecule has 0 atom stereocenters. The highest BCUT2D eigenvalue weighted by Crippen LogP contribution is 2.19. The maximum Gasteiger partial charge on any atom is 0.199 e. The number of rotatable bonds is 9. The fourth-order valence-electron chi connectivity index (χ4n) is 3.56. The second kappa shape index (κ2) is 9.94. The van der Waals surface area contributed by atoms with Crippen LogP contribution < -0.4 is 0 Å². The lowest BCUT2D eigenvalue weighted by molar-refractivity contribution is 0.164. The van der Waals surface area contributed by atoms with Gasteiger partial charge in [-0.3, -0.25) is 14.5 Å². The van der Waals surface area contributed by atoms with Crippen LogP contribution in [0.4, 0.5) is 0 Å². The summed E-state index contributed by atoms with van der Waals surface area (Å²) in [5.74, 6) is 2.04. The smallest absolute Gasteiger partial charge is 0.199 e. The third kappa shape index (κ3) is 5.84. The SMILES string of the molecule is CC(C)CN(CC(C)C)Cn1nc(-c2cccnc2)n(Cc2ccccc2)c1=S. The van der Waals surface area contributed by atoms with Gasteiger partial charge in [-0.2, -0.15) is 5.10 Å². The summed E-state index contributed by atoms with van der Waals surface area (Å²) < 4.78 is 4.82. The van der Waals surface area contributed by atoms with E-state index in [0.717, 1.165) is 29.2 Å². The maximum absolute atomic E-state index is 5.87. The predicted octanol–water partition coefficient (Wildman–Crippen LogP) is 5.10. The highest BCUT2D eigenvalue weighted by atomic mass is 32.1. The molecule has 0 spiro atoms. The Morgan fingerprint density at radius 2 is 1.66 bits per heavy atom. The van der Waals surface area contributed by atoms with Gasteiger partial charge in [0.1, 0.15) is 0 Å². The predicted molar refractivity (Wildman–Crippen MR) is 121 cm³/mol. The fraction of sp³-hybridized carbons (Fsp3) is 0.435. The van der Waals surface area contributed by atoms with Crippen molar-refractivity contribution in [3.05, 3.63) is 65.2 Å². The van der Waals surface area contributed by atoms with Crippen LogP contribution >= 0.6 is 12.2 Å². The van der Waals surface area contributed by atoms with Gasteiger partial charge in [0.05, 0.1) is 13.2 Å². The Morgan fingerprint density at radius 3 is 2.24 bits per heavy atom. The van der Waals surface area contributed by atoms with Crippen LogP contribution in [0.1, 0.15) is 33.3 Å². The molecular weight excluding hydrogens is 378 g/mol. The summed E-state index contributed by atoms with van der Waals surface area (Å²) in [5.41, 5.74) is 2.18. The first-order chi connectivity index (χ1) is 13.9. The van der Waals surface area contributed by atoms with Gasteiger partial charge < -0.3 is 0 Å². The van der Waals surface area contributed by atoms with Crippen molar-refractivity contribution in [2.24, 2.45) is 11.8 Å². The largest absolute Gasteiger partial charge is 0.295 e. The van der Waals surface area contributed by atoms with Crippen LogP contribution in [-0.2, 0) is 13.2 Å². The second-order valence-corrected chi connectivity index (χ2v) is 8.75. The summed E-state index contributed by atoms with van der Waals surface area (Å²) >= 11 is 5.87. The summed E-state index contributed by atoms with van der Waals surface area (Å²) in [6.07, 6.45) is 3.63. The molecule has 3 rings (SSSR count). The van der Waals surface area contributed by atoms with E-state index in [1.807, 2.05) is 29.1 Å². The number of benzene rings is 1. The number of pyridine rings is 1. The van der Waals surface area contributed by atoms with E-state index in [4.69, 9.17) is 17.3 Å². The minimum atomic E-state index is 0.590. The average molecular weight is 410 g/mol. The van der Waals surface area contributed by atoms with E-state index >= 15 is 0 Å². The highest BCUT2D eigenvalue weighted by Gasteiger charge is 2.17. The minimum Gasteiger partial charge on any atom is -0.295 e. The Hall–Kier alpha value is -2.31. The van der Waals surface area contributed by atoms with Crippen molar-refractivity contribution in [2.75, 3.05) is 13.1 Å². The van der Waals surface area contributed by atoms with Crippen molar-refractivity contribution in [3.8, 4) is 11.4 Å². The molecule has 0 amide bonds. The van der Waals surface area contributed by atoms with Crippen molar-refractivity contribution in [3.63, 3.8) is 0 Å². The lowest BCUT2D eigenvalue weighted by Gasteiger charge is -2.25. The van der Waals surface area contributed by atoms with Gasteiger partial charge in [0, 0.05) is 31.0 Å². The van der Waals surface area contributed by atoms with Gasteiger partial charge in [-0.1, -0.05) is 58.0 Å². The summed E-state index contributed by atoms with van der Waals surface area (Å²) in [4.78, 5) is 6.72. The molecule has 29 heavy (non-hydrogen) atoms. The molecule has 0 aliphatic rings. The van der Waals surface area contributed by atoms with Crippen LogP contribution in [-0.4, -0.2) is 37.3 Å². The molecule has 0 fully saturated rings. The van der Waals surface area contributed by atoms with E-state index in [-0.39, 0.29) is 0 Å². The second-order valence-electron chi connectivity index (χ2n) is 8.38. The Morgan fingerprint density at radius 1 is 0.966 bits per heavy atom. The molecule has 154 valence electrons. The topological polar surface area (TPSA) is 38.9 Å².